The van der Waals surface area contributed by atoms with Gasteiger partial charge >= 0.3 is 0 Å². The standard InChI is InChI=1S/C11H17N3O/c1-15-10-6-2-4-9(8-10)5-3-7-14-11(12)13/h2,4,6,8H,3,5,7H2,1H3,(H4,12,13,14). The van der Waals surface area contributed by atoms with Gasteiger partial charge in [-0.15, -0.1) is 0 Å². The average Bonchev–Trinajstić information content (AvgIpc) is 2.24. The Hall–Kier alpha value is -1.71. The van der Waals surface area contributed by atoms with E-state index < -0.39 is 0 Å². The van der Waals surface area contributed by atoms with Crippen LogP contribution < -0.4 is 16.2 Å². The Morgan fingerprint density at radius 2 is 2.20 bits per heavy atom. The van der Waals surface area contributed by atoms with E-state index in [1.54, 1.807) is 7.11 Å². The largest absolute Gasteiger partial charge is 0.497 e. The topological polar surface area (TPSA) is 73.6 Å². The molecule has 0 aliphatic heterocycles. The van der Waals surface area contributed by atoms with Crippen molar-refractivity contribution in [3.63, 3.8) is 0 Å². The molecule has 4 nitrogen and oxygen atoms in total. The van der Waals surface area contributed by atoms with E-state index in [0.29, 0.717) is 6.54 Å². The molecule has 0 atom stereocenters. The number of aliphatic imine (C=N–C) groups is 1. The predicted molar refractivity (Wildman–Crippen MR) is 62.0 cm³/mol. The van der Waals surface area contributed by atoms with Gasteiger partial charge in [-0.05, 0) is 30.5 Å². The van der Waals surface area contributed by atoms with Crippen LogP contribution in [0, 0.1) is 0 Å². The van der Waals surface area contributed by atoms with Crippen molar-refractivity contribution in [2.75, 3.05) is 13.7 Å². The first-order chi connectivity index (χ1) is 7.22. The van der Waals surface area contributed by atoms with E-state index in [2.05, 4.69) is 11.1 Å². The van der Waals surface area contributed by atoms with Crippen LogP contribution in [-0.4, -0.2) is 19.6 Å². The van der Waals surface area contributed by atoms with Gasteiger partial charge in [-0.3, -0.25) is 4.99 Å². The predicted octanol–water partition coefficient (Wildman–Crippen LogP) is 0.901. The molecule has 0 heterocycles. The summed E-state index contributed by atoms with van der Waals surface area (Å²) in [5.41, 5.74) is 11.7. The van der Waals surface area contributed by atoms with Gasteiger partial charge in [0, 0.05) is 6.54 Å². The Morgan fingerprint density at radius 3 is 2.87 bits per heavy atom. The Kier molecular flexibility index (Phi) is 4.47. The summed E-state index contributed by atoms with van der Waals surface area (Å²) in [6, 6.07) is 8.00. The molecule has 0 aliphatic rings. The fourth-order valence-electron chi connectivity index (χ4n) is 1.32. The maximum atomic E-state index is 5.23. The molecule has 0 bridgehead atoms. The lowest BCUT2D eigenvalue weighted by molar-refractivity contribution is 0.414. The Labute approximate surface area is 89.9 Å². The van der Waals surface area contributed by atoms with Gasteiger partial charge < -0.3 is 16.2 Å². The summed E-state index contributed by atoms with van der Waals surface area (Å²) < 4.78 is 5.13. The van der Waals surface area contributed by atoms with E-state index in [-0.39, 0.29) is 5.96 Å². The second-order valence-corrected chi connectivity index (χ2v) is 3.26. The molecular weight excluding hydrogens is 190 g/mol. The summed E-state index contributed by atoms with van der Waals surface area (Å²) in [6.45, 7) is 0.666. The van der Waals surface area contributed by atoms with Gasteiger partial charge in [0.2, 0.25) is 0 Å². The zero-order valence-corrected chi connectivity index (χ0v) is 8.94. The minimum atomic E-state index is 0.153. The number of aryl methyl sites for hydroxylation is 1. The van der Waals surface area contributed by atoms with Crippen molar-refractivity contribution in [2.45, 2.75) is 12.8 Å². The van der Waals surface area contributed by atoms with Crippen molar-refractivity contribution in [3.05, 3.63) is 29.8 Å². The summed E-state index contributed by atoms with van der Waals surface area (Å²) >= 11 is 0. The molecule has 15 heavy (non-hydrogen) atoms. The molecule has 0 spiro atoms. The fraction of sp³-hybridized carbons (Fsp3) is 0.364. The number of benzene rings is 1. The minimum Gasteiger partial charge on any atom is -0.497 e. The van der Waals surface area contributed by atoms with Crippen molar-refractivity contribution in [1.29, 1.82) is 0 Å². The molecule has 1 rings (SSSR count). The maximum Gasteiger partial charge on any atom is 0.185 e. The molecule has 82 valence electrons. The summed E-state index contributed by atoms with van der Waals surface area (Å²) in [5.74, 6) is 1.04. The summed E-state index contributed by atoms with van der Waals surface area (Å²) in [7, 11) is 1.67. The van der Waals surface area contributed by atoms with Crippen molar-refractivity contribution < 1.29 is 4.74 Å². The third kappa shape index (κ3) is 4.35. The van der Waals surface area contributed by atoms with E-state index in [1.165, 1.54) is 5.56 Å². The van der Waals surface area contributed by atoms with E-state index in [1.807, 2.05) is 18.2 Å². The number of nitrogens with two attached hydrogens (primary N) is 2. The van der Waals surface area contributed by atoms with Gasteiger partial charge in [-0.25, -0.2) is 0 Å². The average molecular weight is 207 g/mol. The highest BCUT2D eigenvalue weighted by Crippen LogP contribution is 2.13. The van der Waals surface area contributed by atoms with Crippen LogP contribution in [0.4, 0.5) is 0 Å². The van der Waals surface area contributed by atoms with Crippen molar-refractivity contribution in [1.82, 2.24) is 0 Å². The lowest BCUT2D eigenvalue weighted by Crippen LogP contribution is -2.23. The summed E-state index contributed by atoms with van der Waals surface area (Å²) in [6.07, 6.45) is 1.89. The van der Waals surface area contributed by atoms with Gasteiger partial charge in [0.05, 0.1) is 7.11 Å². The molecule has 0 aliphatic carbocycles. The first-order valence-corrected chi connectivity index (χ1v) is 4.90. The van der Waals surface area contributed by atoms with Crippen LogP contribution in [0.25, 0.3) is 0 Å². The number of rotatable bonds is 5. The highest BCUT2D eigenvalue weighted by molar-refractivity contribution is 5.75. The zero-order chi connectivity index (χ0) is 11.1. The second-order valence-electron chi connectivity index (χ2n) is 3.26. The molecular formula is C11H17N3O. The molecule has 4 N–H and O–H groups in total. The SMILES string of the molecule is COc1cccc(CCCN=C(N)N)c1. The molecule has 0 aromatic heterocycles. The molecule has 0 saturated heterocycles. The quantitative estimate of drug-likeness (QED) is 0.428. The first-order valence-electron chi connectivity index (χ1n) is 4.90. The lowest BCUT2D eigenvalue weighted by atomic mass is 10.1. The number of guanidine groups is 1. The normalized spacial score (nSPS) is 9.67. The van der Waals surface area contributed by atoms with Crippen LogP contribution in [0.1, 0.15) is 12.0 Å². The van der Waals surface area contributed by atoms with Crippen LogP contribution in [0.15, 0.2) is 29.3 Å². The smallest absolute Gasteiger partial charge is 0.185 e. The van der Waals surface area contributed by atoms with Gasteiger partial charge in [0.1, 0.15) is 5.75 Å². The van der Waals surface area contributed by atoms with Crippen LogP contribution in [0.2, 0.25) is 0 Å². The lowest BCUT2D eigenvalue weighted by Gasteiger charge is -2.03. The van der Waals surface area contributed by atoms with Crippen molar-refractivity contribution >= 4 is 5.96 Å². The number of ether oxygens (including phenoxy) is 1. The molecule has 1 aromatic carbocycles. The van der Waals surface area contributed by atoms with Crippen LogP contribution >= 0.6 is 0 Å². The molecule has 0 fully saturated rings. The van der Waals surface area contributed by atoms with Gasteiger partial charge in [-0.1, -0.05) is 12.1 Å². The Bertz CT molecular complexity index is 332. The molecule has 0 unspecified atom stereocenters. The van der Waals surface area contributed by atoms with E-state index in [4.69, 9.17) is 16.2 Å². The summed E-state index contributed by atoms with van der Waals surface area (Å²) in [4.78, 5) is 3.92. The van der Waals surface area contributed by atoms with Gasteiger partial charge in [-0.2, -0.15) is 0 Å². The van der Waals surface area contributed by atoms with Crippen molar-refractivity contribution in [3.8, 4) is 5.75 Å². The fourth-order valence-corrected chi connectivity index (χ4v) is 1.32. The highest BCUT2D eigenvalue weighted by Gasteiger charge is 1.95. The van der Waals surface area contributed by atoms with E-state index >= 15 is 0 Å². The van der Waals surface area contributed by atoms with E-state index in [9.17, 15) is 0 Å². The van der Waals surface area contributed by atoms with Crippen molar-refractivity contribution in [2.24, 2.45) is 16.5 Å². The minimum absolute atomic E-state index is 0.153. The highest BCUT2D eigenvalue weighted by atomic mass is 16.5. The third-order valence-electron chi connectivity index (χ3n) is 2.05. The van der Waals surface area contributed by atoms with Crippen LogP contribution in [-0.2, 0) is 6.42 Å². The summed E-state index contributed by atoms with van der Waals surface area (Å²) in [5, 5.41) is 0. The zero-order valence-electron chi connectivity index (χ0n) is 8.94. The molecule has 1 aromatic rings. The Balaban J connectivity index is 2.40. The van der Waals surface area contributed by atoms with Gasteiger partial charge in [0.15, 0.2) is 5.96 Å². The van der Waals surface area contributed by atoms with Crippen LogP contribution in [0.3, 0.4) is 0 Å². The molecule has 0 saturated carbocycles. The number of hydrogen-bond donors (Lipinski definition) is 2. The van der Waals surface area contributed by atoms with Crippen LogP contribution in [0.5, 0.6) is 5.75 Å². The number of hydrogen-bond acceptors (Lipinski definition) is 2. The Morgan fingerprint density at radius 1 is 1.40 bits per heavy atom. The molecule has 0 amide bonds. The first kappa shape index (κ1) is 11.4. The maximum absolute atomic E-state index is 5.23. The third-order valence-corrected chi connectivity index (χ3v) is 2.05. The molecule has 4 heteroatoms. The number of nitrogens with zero attached hydrogens (tertiary/aromatic N) is 1. The molecule has 0 radical (unpaired) electrons. The monoisotopic (exact) mass is 207 g/mol. The number of methoxy groups -OCH3 is 1. The van der Waals surface area contributed by atoms with E-state index in [0.717, 1.165) is 18.6 Å². The van der Waals surface area contributed by atoms with Gasteiger partial charge in [0.25, 0.3) is 0 Å². The second kappa shape index (κ2) is 5.90.